The van der Waals surface area contributed by atoms with Gasteiger partial charge in [-0.05, 0) is 31.0 Å². The highest BCUT2D eigenvalue weighted by molar-refractivity contribution is 7.13. The molecule has 0 saturated carbocycles. The fraction of sp³-hybridized carbons (Fsp3) is 0.357. The Hall–Kier alpha value is -1.55. The molecule has 0 fully saturated rings. The zero-order chi connectivity index (χ0) is 12.6. The first-order valence-corrected chi connectivity index (χ1v) is 6.95. The predicted molar refractivity (Wildman–Crippen MR) is 74.3 cm³/mol. The summed E-state index contributed by atoms with van der Waals surface area (Å²) in [6.45, 7) is 5.06. The molecule has 1 N–H and O–H groups in total. The van der Waals surface area contributed by atoms with Crippen LogP contribution in [0.2, 0.25) is 0 Å². The van der Waals surface area contributed by atoms with E-state index in [1.807, 2.05) is 11.6 Å². The van der Waals surface area contributed by atoms with Crippen LogP contribution >= 0.6 is 11.3 Å². The van der Waals surface area contributed by atoms with Gasteiger partial charge < -0.3 is 10.1 Å². The number of hydrogen-bond donors (Lipinski definition) is 1. The van der Waals surface area contributed by atoms with Crippen molar-refractivity contribution in [1.29, 1.82) is 0 Å². The van der Waals surface area contributed by atoms with Gasteiger partial charge in [0.05, 0.1) is 0 Å². The smallest absolute Gasteiger partial charge is 0.182 e. The van der Waals surface area contributed by atoms with Gasteiger partial charge in [-0.3, -0.25) is 0 Å². The molecule has 3 nitrogen and oxygen atoms in total. The van der Waals surface area contributed by atoms with Gasteiger partial charge in [0.1, 0.15) is 11.4 Å². The number of benzene rings is 1. The molecule has 3 rings (SSSR count). The number of thiazole rings is 1. The Bertz CT molecular complexity index is 549. The van der Waals surface area contributed by atoms with E-state index in [1.54, 1.807) is 11.3 Å². The molecule has 0 aliphatic carbocycles. The van der Waals surface area contributed by atoms with Crippen LogP contribution in [0.3, 0.4) is 0 Å². The first-order valence-electron chi connectivity index (χ1n) is 6.07. The second-order valence-corrected chi connectivity index (χ2v) is 6.07. The quantitative estimate of drug-likeness (QED) is 0.917. The maximum absolute atomic E-state index is 5.87. The lowest BCUT2D eigenvalue weighted by atomic mass is 10.0. The average Bonchev–Trinajstić information content (AvgIpc) is 2.90. The third-order valence-electron chi connectivity index (χ3n) is 3.00. The molecule has 2 heterocycles. The van der Waals surface area contributed by atoms with E-state index < -0.39 is 0 Å². The third kappa shape index (κ3) is 2.34. The molecule has 0 bridgehead atoms. The normalized spacial score (nSPS) is 16.1. The molecule has 0 radical (unpaired) electrons. The molecule has 4 heteroatoms. The first kappa shape index (κ1) is 11.5. The van der Waals surface area contributed by atoms with Crippen LogP contribution in [0.1, 0.15) is 25.0 Å². The Morgan fingerprint density at radius 3 is 3.11 bits per heavy atom. The number of aromatic nitrogens is 1. The van der Waals surface area contributed by atoms with Crippen LogP contribution in [0.15, 0.2) is 29.8 Å². The van der Waals surface area contributed by atoms with Crippen LogP contribution in [0.5, 0.6) is 5.75 Å². The minimum atomic E-state index is -0.0658. The van der Waals surface area contributed by atoms with Crippen molar-refractivity contribution in [3.05, 3.63) is 40.9 Å². The van der Waals surface area contributed by atoms with Gasteiger partial charge in [0.25, 0.3) is 0 Å². The van der Waals surface area contributed by atoms with Crippen LogP contribution in [-0.4, -0.2) is 10.6 Å². The topological polar surface area (TPSA) is 34.2 Å². The summed E-state index contributed by atoms with van der Waals surface area (Å²) in [6, 6.07) is 6.41. The average molecular weight is 260 g/mol. The molecule has 2 aromatic rings. The molecule has 1 aliphatic heterocycles. The maximum atomic E-state index is 5.87. The first-order chi connectivity index (χ1) is 8.62. The van der Waals surface area contributed by atoms with Crippen molar-refractivity contribution in [3.63, 3.8) is 0 Å². The summed E-state index contributed by atoms with van der Waals surface area (Å²) in [6.07, 6.45) is 2.79. The van der Waals surface area contributed by atoms with E-state index in [1.165, 1.54) is 11.1 Å². The van der Waals surface area contributed by atoms with E-state index in [4.69, 9.17) is 4.74 Å². The van der Waals surface area contributed by atoms with Crippen molar-refractivity contribution in [2.45, 2.75) is 32.4 Å². The van der Waals surface area contributed by atoms with E-state index in [0.29, 0.717) is 0 Å². The van der Waals surface area contributed by atoms with Crippen molar-refractivity contribution < 1.29 is 4.74 Å². The second kappa shape index (κ2) is 4.28. The molecule has 0 saturated heterocycles. The van der Waals surface area contributed by atoms with Gasteiger partial charge in [-0.15, -0.1) is 11.3 Å². The van der Waals surface area contributed by atoms with Crippen LogP contribution in [0, 0.1) is 0 Å². The third-order valence-corrected chi connectivity index (χ3v) is 3.73. The van der Waals surface area contributed by atoms with Crippen molar-refractivity contribution in [3.8, 4) is 5.75 Å². The number of rotatable bonds is 3. The van der Waals surface area contributed by atoms with Crippen LogP contribution < -0.4 is 10.1 Å². The molecule has 0 unspecified atom stereocenters. The van der Waals surface area contributed by atoms with E-state index in [9.17, 15) is 0 Å². The van der Waals surface area contributed by atoms with Crippen LogP contribution in [-0.2, 0) is 13.0 Å². The van der Waals surface area contributed by atoms with E-state index >= 15 is 0 Å². The number of nitrogens with zero attached hydrogens (tertiary/aromatic N) is 1. The zero-order valence-corrected chi connectivity index (χ0v) is 11.4. The Morgan fingerprint density at radius 1 is 1.44 bits per heavy atom. The molecule has 1 aromatic heterocycles. The van der Waals surface area contributed by atoms with Crippen molar-refractivity contribution >= 4 is 16.5 Å². The summed E-state index contributed by atoms with van der Waals surface area (Å²) >= 11 is 1.62. The predicted octanol–water partition coefficient (Wildman–Crippen LogP) is 3.47. The van der Waals surface area contributed by atoms with E-state index in [0.717, 1.165) is 23.8 Å². The van der Waals surface area contributed by atoms with Crippen molar-refractivity contribution in [2.24, 2.45) is 0 Å². The monoisotopic (exact) mass is 260 g/mol. The van der Waals surface area contributed by atoms with Gasteiger partial charge in [-0.2, -0.15) is 0 Å². The zero-order valence-electron chi connectivity index (χ0n) is 10.6. The van der Waals surface area contributed by atoms with E-state index in [-0.39, 0.29) is 5.60 Å². The van der Waals surface area contributed by atoms with Gasteiger partial charge >= 0.3 is 0 Å². The summed E-state index contributed by atoms with van der Waals surface area (Å²) in [4.78, 5) is 4.21. The highest BCUT2D eigenvalue weighted by Gasteiger charge is 2.29. The molecular formula is C14H16N2OS. The number of hydrogen-bond acceptors (Lipinski definition) is 4. The van der Waals surface area contributed by atoms with Crippen molar-refractivity contribution in [1.82, 2.24) is 4.98 Å². The van der Waals surface area contributed by atoms with E-state index in [2.05, 4.69) is 42.3 Å². The van der Waals surface area contributed by atoms with Gasteiger partial charge in [0.15, 0.2) is 5.13 Å². The highest BCUT2D eigenvalue weighted by Crippen LogP contribution is 2.35. The Kier molecular flexibility index (Phi) is 2.74. The fourth-order valence-corrected chi connectivity index (χ4v) is 2.79. The summed E-state index contributed by atoms with van der Waals surface area (Å²) in [5.41, 5.74) is 2.51. The molecule has 1 aromatic carbocycles. The lowest BCUT2D eigenvalue weighted by Crippen LogP contribution is -2.24. The Morgan fingerprint density at radius 2 is 2.33 bits per heavy atom. The SMILES string of the molecule is CC1(C)Cc2cc(CNc3nccs3)ccc2O1. The minimum Gasteiger partial charge on any atom is -0.487 e. The molecule has 0 spiro atoms. The Labute approximate surface area is 111 Å². The Balaban J connectivity index is 1.72. The number of ether oxygens (including phenoxy) is 1. The second-order valence-electron chi connectivity index (χ2n) is 5.17. The molecule has 1 aliphatic rings. The molecule has 0 atom stereocenters. The largest absolute Gasteiger partial charge is 0.487 e. The standard InChI is InChI=1S/C14H16N2OS/c1-14(2)8-11-7-10(3-4-12(11)17-14)9-16-13-15-5-6-18-13/h3-7H,8-9H2,1-2H3,(H,15,16). The van der Waals surface area contributed by atoms with Gasteiger partial charge in [0.2, 0.25) is 0 Å². The van der Waals surface area contributed by atoms with Crippen LogP contribution in [0.25, 0.3) is 0 Å². The lowest BCUT2D eigenvalue weighted by molar-refractivity contribution is 0.138. The summed E-state index contributed by atoms with van der Waals surface area (Å²) in [5, 5.41) is 6.26. The lowest BCUT2D eigenvalue weighted by Gasteiger charge is -2.16. The van der Waals surface area contributed by atoms with Gasteiger partial charge in [-0.25, -0.2) is 4.98 Å². The molecular weight excluding hydrogens is 244 g/mol. The van der Waals surface area contributed by atoms with Crippen LogP contribution in [0.4, 0.5) is 5.13 Å². The number of fused-ring (bicyclic) bond motifs is 1. The maximum Gasteiger partial charge on any atom is 0.182 e. The summed E-state index contributed by atoms with van der Waals surface area (Å²) < 4.78 is 5.87. The summed E-state index contributed by atoms with van der Waals surface area (Å²) in [7, 11) is 0. The summed E-state index contributed by atoms with van der Waals surface area (Å²) in [5.74, 6) is 1.03. The van der Waals surface area contributed by atoms with Gasteiger partial charge in [-0.1, -0.05) is 12.1 Å². The molecule has 0 amide bonds. The highest BCUT2D eigenvalue weighted by atomic mass is 32.1. The molecule has 94 valence electrons. The van der Waals surface area contributed by atoms with Crippen molar-refractivity contribution in [2.75, 3.05) is 5.32 Å². The number of anilines is 1. The molecule has 18 heavy (non-hydrogen) atoms. The van der Waals surface area contributed by atoms with Gasteiger partial charge in [0, 0.05) is 24.5 Å². The number of nitrogens with one attached hydrogen (secondary N) is 1. The minimum absolute atomic E-state index is 0.0658. The fourth-order valence-electron chi connectivity index (χ4n) is 2.26.